The van der Waals surface area contributed by atoms with Gasteiger partial charge >= 0.3 is 0 Å². The number of aldehydes is 1. The molecule has 20 heavy (non-hydrogen) atoms. The number of anilines is 1. The third kappa shape index (κ3) is 2.70. The molecule has 0 aromatic carbocycles. The van der Waals surface area contributed by atoms with Crippen LogP contribution in [0, 0.1) is 0 Å². The zero-order chi connectivity index (χ0) is 13.9. The van der Waals surface area contributed by atoms with Crippen molar-refractivity contribution in [2.75, 3.05) is 11.4 Å². The van der Waals surface area contributed by atoms with E-state index in [0.29, 0.717) is 18.9 Å². The molecule has 1 fully saturated rings. The van der Waals surface area contributed by atoms with Crippen LogP contribution in [0.1, 0.15) is 0 Å². The lowest BCUT2D eigenvalue weighted by Crippen LogP contribution is -2.32. The van der Waals surface area contributed by atoms with Crippen molar-refractivity contribution in [2.24, 2.45) is 0 Å². The fourth-order valence-electron chi connectivity index (χ4n) is 2.14. The molecule has 7 nitrogen and oxygen atoms in total. The van der Waals surface area contributed by atoms with Gasteiger partial charge in [0.25, 0.3) is 0 Å². The maximum absolute atomic E-state index is 11.2. The molecule has 0 N–H and O–H groups in total. The summed E-state index contributed by atoms with van der Waals surface area (Å²) >= 11 is 3.34. The molecule has 2 aromatic heterocycles. The van der Waals surface area contributed by atoms with E-state index in [1.165, 1.54) is 0 Å². The fraction of sp³-hybridized carbons (Fsp3) is 0.333. The molecule has 1 unspecified atom stereocenters. The van der Waals surface area contributed by atoms with Crippen molar-refractivity contribution >= 4 is 28.0 Å². The number of halogens is 1. The van der Waals surface area contributed by atoms with E-state index in [1.807, 2.05) is 17.0 Å². The molecule has 0 saturated carbocycles. The molecule has 3 heterocycles. The van der Waals surface area contributed by atoms with Crippen LogP contribution in [0.4, 0.5) is 5.82 Å². The van der Waals surface area contributed by atoms with E-state index < -0.39 is 6.23 Å². The molecule has 1 aliphatic rings. The number of carbonyl (C=O) groups is 1. The van der Waals surface area contributed by atoms with E-state index in [9.17, 15) is 4.79 Å². The fourth-order valence-corrected chi connectivity index (χ4v) is 2.38. The summed E-state index contributed by atoms with van der Waals surface area (Å²) in [6.07, 6.45) is 5.11. The van der Waals surface area contributed by atoms with Crippen LogP contribution < -0.4 is 4.90 Å². The van der Waals surface area contributed by atoms with Gasteiger partial charge in [-0.25, -0.2) is 9.67 Å². The van der Waals surface area contributed by atoms with Gasteiger partial charge in [-0.05, 0) is 28.1 Å². The molecule has 3 rings (SSSR count). The Morgan fingerprint density at radius 3 is 3.05 bits per heavy atom. The largest absolute Gasteiger partial charge is 0.344 e. The van der Waals surface area contributed by atoms with Crippen LogP contribution >= 0.6 is 15.9 Å². The number of nitrogens with zero attached hydrogens (tertiary/aromatic N) is 5. The number of pyridine rings is 1. The lowest BCUT2D eigenvalue weighted by Gasteiger charge is -2.19. The van der Waals surface area contributed by atoms with Crippen molar-refractivity contribution in [3.05, 3.63) is 35.2 Å². The van der Waals surface area contributed by atoms with Crippen molar-refractivity contribution in [1.29, 1.82) is 0 Å². The van der Waals surface area contributed by atoms with Crippen LogP contribution in [-0.4, -0.2) is 45.1 Å². The minimum Gasteiger partial charge on any atom is -0.344 e. The summed E-state index contributed by atoms with van der Waals surface area (Å²) < 4.78 is 8.28. The second-order valence-electron chi connectivity index (χ2n) is 4.40. The molecule has 0 bridgehead atoms. The zero-order valence-corrected chi connectivity index (χ0v) is 12.0. The number of hydrogen-bond acceptors (Lipinski definition) is 6. The van der Waals surface area contributed by atoms with E-state index >= 15 is 0 Å². The first-order valence-corrected chi connectivity index (χ1v) is 6.88. The van der Waals surface area contributed by atoms with Gasteiger partial charge in [-0.1, -0.05) is 5.21 Å². The van der Waals surface area contributed by atoms with Crippen LogP contribution in [0.15, 0.2) is 35.2 Å². The van der Waals surface area contributed by atoms with Crippen molar-refractivity contribution in [2.45, 2.75) is 18.9 Å². The maximum atomic E-state index is 11.2. The van der Waals surface area contributed by atoms with Gasteiger partial charge in [-0.15, -0.1) is 5.10 Å². The summed E-state index contributed by atoms with van der Waals surface area (Å²) in [6.45, 7) is 1.13. The van der Waals surface area contributed by atoms with Gasteiger partial charge in [0.05, 0.1) is 25.4 Å². The molecular weight excluding hydrogens is 326 g/mol. The topological polar surface area (TPSA) is 73.1 Å². The highest BCUT2D eigenvalue weighted by molar-refractivity contribution is 9.10. The van der Waals surface area contributed by atoms with E-state index in [1.54, 1.807) is 23.3 Å². The Bertz CT molecular complexity index is 574. The smallest absolute Gasteiger partial charge is 0.188 e. The van der Waals surface area contributed by atoms with E-state index in [2.05, 4.69) is 31.2 Å². The number of rotatable bonds is 4. The normalized spacial score (nSPS) is 22.1. The molecule has 0 spiro atoms. The molecule has 104 valence electrons. The third-order valence-electron chi connectivity index (χ3n) is 3.02. The van der Waals surface area contributed by atoms with E-state index in [0.717, 1.165) is 10.8 Å². The molecule has 0 radical (unpaired) electrons. The molecule has 2 atom stereocenters. The second-order valence-corrected chi connectivity index (χ2v) is 5.31. The van der Waals surface area contributed by atoms with Gasteiger partial charge in [0.2, 0.25) is 0 Å². The summed E-state index contributed by atoms with van der Waals surface area (Å²) in [7, 11) is 0. The number of ether oxygens (including phenoxy) is 1. The van der Waals surface area contributed by atoms with Crippen molar-refractivity contribution < 1.29 is 9.53 Å². The number of carbonyl (C=O) groups excluding carboxylic acids is 1. The molecule has 2 aromatic rings. The van der Waals surface area contributed by atoms with Gasteiger partial charge < -0.3 is 9.64 Å². The molecular formula is C12H12BrN5O2. The van der Waals surface area contributed by atoms with Crippen LogP contribution in [0.3, 0.4) is 0 Å². The molecule has 1 aliphatic heterocycles. The summed E-state index contributed by atoms with van der Waals surface area (Å²) in [5.41, 5.74) is 0. The summed E-state index contributed by atoms with van der Waals surface area (Å²) in [5, 5.41) is 7.64. The summed E-state index contributed by atoms with van der Waals surface area (Å²) in [6, 6.07) is 3.73. The molecule has 0 aliphatic carbocycles. The van der Waals surface area contributed by atoms with Gasteiger partial charge in [0.1, 0.15) is 5.82 Å². The minimum atomic E-state index is -0.614. The Kier molecular flexibility index (Phi) is 3.75. The number of aromatic nitrogens is 4. The van der Waals surface area contributed by atoms with Crippen LogP contribution in [0.25, 0.3) is 0 Å². The molecule has 8 heteroatoms. The SMILES string of the molecule is O=CC1O[C@@H](Cn2ccnn2)CN1c1ccc(Br)cn1. The van der Waals surface area contributed by atoms with Gasteiger partial charge in [0.15, 0.2) is 12.5 Å². The minimum absolute atomic E-state index is 0.127. The Hall–Kier alpha value is -1.80. The van der Waals surface area contributed by atoms with Crippen molar-refractivity contribution in [3.63, 3.8) is 0 Å². The Morgan fingerprint density at radius 2 is 2.40 bits per heavy atom. The second kappa shape index (κ2) is 5.68. The summed E-state index contributed by atoms with van der Waals surface area (Å²) in [4.78, 5) is 17.3. The Morgan fingerprint density at radius 1 is 1.50 bits per heavy atom. The first-order valence-electron chi connectivity index (χ1n) is 6.09. The van der Waals surface area contributed by atoms with Crippen LogP contribution in [0.5, 0.6) is 0 Å². The quantitative estimate of drug-likeness (QED) is 0.770. The predicted molar refractivity (Wildman–Crippen MR) is 74.0 cm³/mol. The molecule has 0 amide bonds. The third-order valence-corrected chi connectivity index (χ3v) is 3.49. The van der Waals surface area contributed by atoms with E-state index in [-0.39, 0.29) is 6.10 Å². The highest BCUT2D eigenvalue weighted by Gasteiger charge is 2.33. The lowest BCUT2D eigenvalue weighted by atomic mass is 10.3. The predicted octanol–water partition coefficient (Wildman–Crippen LogP) is 0.866. The number of hydrogen-bond donors (Lipinski definition) is 0. The average molecular weight is 338 g/mol. The van der Waals surface area contributed by atoms with Gasteiger partial charge in [0, 0.05) is 16.9 Å². The van der Waals surface area contributed by atoms with Crippen molar-refractivity contribution in [1.82, 2.24) is 20.0 Å². The van der Waals surface area contributed by atoms with Gasteiger partial charge in [-0.3, -0.25) is 4.79 Å². The Balaban J connectivity index is 1.74. The van der Waals surface area contributed by atoms with Gasteiger partial charge in [-0.2, -0.15) is 0 Å². The van der Waals surface area contributed by atoms with Crippen LogP contribution in [-0.2, 0) is 16.1 Å². The first-order chi connectivity index (χ1) is 9.76. The highest BCUT2D eigenvalue weighted by Crippen LogP contribution is 2.23. The Labute approximate surface area is 123 Å². The average Bonchev–Trinajstić information content (AvgIpc) is 3.09. The zero-order valence-electron chi connectivity index (χ0n) is 10.5. The molecule has 1 saturated heterocycles. The first kappa shape index (κ1) is 13.2. The summed E-state index contributed by atoms with van der Waals surface area (Å²) in [5.74, 6) is 0.714. The standard InChI is InChI=1S/C12H12BrN5O2/c13-9-1-2-11(14-5-9)18-7-10(20-12(18)8-19)6-17-4-3-15-16-17/h1-5,8,10,12H,6-7H2/t10-,12?/m0/s1. The lowest BCUT2D eigenvalue weighted by molar-refractivity contribution is -0.117. The van der Waals surface area contributed by atoms with E-state index in [4.69, 9.17) is 4.74 Å². The van der Waals surface area contributed by atoms with Crippen molar-refractivity contribution in [3.8, 4) is 0 Å². The highest BCUT2D eigenvalue weighted by atomic mass is 79.9. The maximum Gasteiger partial charge on any atom is 0.188 e. The van der Waals surface area contributed by atoms with Crippen LogP contribution in [0.2, 0.25) is 0 Å². The monoisotopic (exact) mass is 337 g/mol.